The van der Waals surface area contributed by atoms with Gasteiger partial charge in [0.25, 0.3) is 0 Å². The van der Waals surface area contributed by atoms with Crippen LogP contribution < -0.4 is 5.32 Å². The van der Waals surface area contributed by atoms with Crippen molar-refractivity contribution in [3.63, 3.8) is 0 Å². The molecule has 0 aromatic heterocycles. The molecule has 0 unspecified atom stereocenters. The zero-order valence-electron chi connectivity index (χ0n) is 12.8. The molecule has 1 saturated heterocycles. The van der Waals surface area contributed by atoms with E-state index in [1.54, 1.807) is 0 Å². The second-order valence-corrected chi connectivity index (χ2v) is 5.85. The third-order valence-corrected chi connectivity index (χ3v) is 4.33. The van der Waals surface area contributed by atoms with Crippen molar-refractivity contribution in [3.05, 3.63) is 35.9 Å². The van der Waals surface area contributed by atoms with E-state index >= 15 is 0 Å². The SMILES string of the molecule is CCO[C@@H]1C[C@H]1C(=O)N1CCNC(=O)C[C@@H]1c1ccccc1. The summed E-state index contributed by atoms with van der Waals surface area (Å²) >= 11 is 0. The molecule has 5 nitrogen and oxygen atoms in total. The highest BCUT2D eigenvalue weighted by molar-refractivity contribution is 5.84. The molecule has 0 radical (unpaired) electrons. The van der Waals surface area contributed by atoms with Crippen molar-refractivity contribution in [2.24, 2.45) is 5.92 Å². The van der Waals surface area contributed by atoms with Crippen LogP contribution in [-0.4, -0.2) is 42.5 Å². The number of ether oxygens (including phenoxy) is 1. The molecule has 2 aliphatic rings. The Hall–Kier alpha value is -1.88. The maximum atomic E-state index is 12.8. The normalized spacial score (nSPS) is 28.0. The lowest BCUT2D eigenvalue weighted by Gasteiger charge is -2.29. The van der Waals surface area contributed by atoms with Gasteiger partial charge < -0.3 is 15.0 Å². The molecule has 1 aliphatic carbocycles. The number of carbonyl (C=O) groups excluding carboxylic acids is 2. The van der Waals surface area contributed by atoms with Crippen LogP contribution in [0.15, 0.2) is 30.3 Å². The van der Waals surface area contributed by atoms with Crippen molar-refractivity contribution in [2.45, 2.75) is 31.9 Å². The summed E-state index contributed by atoms with van der Waals surface area (Å²) in [6.45, 7) is 3.65. The van der Waals surface area contributed by atoms with Gasteiger partial charge in [-0.05, 0) is 18.9 Å². The first-order valence-electron chi connectivity index (χ1n) is 7.94. The summed E-state index contributed by atoms with van der Waals surface area (Å²) in [6, 6.07) is 9.62. The van der Waals surface area contributed by atoms with Crippen molar-refractivity contribution in [2.75, 3.05) is 19.7 Å². The van der Waals surface area contributed by atoms with Gasteiger partial charge in [0, 0.05) is 19.7 Å². The van der Waals surface area contributed by atoms with Crippen LogP contribution in [0.25, 0.3) is 0 Å². The predicted octanol–water partition coefficient (Wildman–Crippen LogP) is 1.50. The quantitative estimate of drug-likeness (QED) is 0.917. The van der Waals surface area contributed by atoms with Crippen LogP contribution in [0, 0.1) is 5.92 Å². The Morgan fingerprint density at radius 3 is 2.86 bits per heavy atom. The van der Waals surface area contributed by atoms with E-state index in [2.05, 4.69) is 5.32 Å². The maximum absolute atomic E-state index is 12.8. The highest BCUT2D eigenvalue weighted by Gasteiger charge is 2.47. The molecule has 2 amide bonds. The van der Waals surface area contributed by atoms with Gasteiger partial charge in [-0.15, -0.1) is 0 Å². The van der Waals surface area contributed by atoms with Crippen LogP contribution in [0.5, 0.6) is 0 Å². The van der Waals surface area contributed by atoms with E-state index in [9.17, 15) is 9.59 Å². The average molecular weight is 302 g/mol. The van der Waals surface area contributed by atoms with Crippen LogP contribution in [0.4, 0.5) is 0 Å². The monoisotopic (exact) mass is 302 g/mol. The average Bonchev–Trinajstić information content (AvgIpc) is 3.31. The highest BCUT2D eigenvalue weighted by atomic mass is 16.5. The number of nitrogens with zero attached hydrogens (tertiary/aromatic N) is 1. The Balaban J connectivity index is 1.79. The van der Waals surface area contributed by atoms with Crippen molar-refractivity contribution in [1.82, 2.24) is 10.2 Å². The van der Waals surface area contributed by atoms with E-state index in [4.69, 9.17) is 4.74 Å². The van der Waals surface area contributed by atoms with Gasteiger partial charge in [0.15, 0.2) is 0 Å². The second-order valence-electron chi connectivity index (χ2n) is 5.85. The van der Waals surface area contributed by atoms with E-state index in [1.165, 1.54) is 0 Å². The van der Waals surface area contributed by atoms with Crippen LogP contribution in [0.2, 0.25) is 0 Å². The highest BCUT2D eigenvalue weighted by Crippen LogP contribution is 2.38. The van der Waals surface area contributed by atoms with Crippen molar-refractivity contribution in [1.29, 1.82) is 0 Å². The molecular weight excluding hydrogens is 280 g/mol. The van der Waals surface area contributed by atoms with Crippen molar-refractivity contribution in [3.8, 4) is 0 Å². The van der Waals surface area contributed by atoms with Gasteiger partial charge in [-0.25, -0.2) is 0 Å². The van der Waals surface area contributed by atoms with E-state index in [0.717, 1.165) is 12.0 Å². The molecule has 0 spiro atoms. The number of hydrogen-bond acceptors (Lipinski definition) is 3. The molecule has 3 atom stereocenters. The van der Waals surface area contributed by atoms with E-state index < -0.39 is 0 Å². The Bertz CT molecular complexity index is 546. The zero-order chi connectivity index (χ0) is 15.5. The van der Waals surface area contributed by atoms with Crippen LogP contribution in [0.1, 0.15) is 31.4 Å². The Kier molecular flexibility index (Phi) is 4.43. The van der Waals surface area contributed by atoms with Crippen LogP contribution >= 0.6 is 0 Å². The lowest BCUT2D eigenvalue weighted by molar-refractivity contribution is -0.136. The Morgan fingerprint density at radius 2 is 2.14 bits per heavy atom. The van der Waals surface area contributed by atoms with E-state index in [1.807, 2.05) is 42.2 Å². The van der Waals surface area contributed by atoms with Crippen LogP contribution in [0.3, 0.4) is 0 Å². The molecule has 118 valence electrons. The summed E-state index contributed by atoms with van der Waals surface area (Å²) in [5.74, 6) is 0.0736. The number of hydrogen-bond donors (Lipinski definition) is 1. The van der Waals surface area contributed by atoms with Crippen LogP contribution in [-0.2, 0) is 14.3 Å². The van der Waals surface area contributed by atoms with E-state index in [-0.39, 0.29) is 29.9 Å². The third kappa shape index (κ3) is 3.14. The van der Waals surface area contributed by atoms with E-state index in [0.29, 0.717) is 26.1 Å². The minimum absolute atomic E-state index is 0.00121. The van der Waals surface area contributed by atoms with Gasteiger partial charge in [0.2, 0.25) is 11.8 Å². The molecule has 1 aliphatic heterocycles. The summed E-state index contributed by atoms with van der Waals surface area (Å²) in [4.78, 5) is 26.6. The fourth-order valence-corrected chi connectivity index (χ4v) is 3.11. The van der Waals surface area contributed by atoms with Crippen molar-refractivity contribution >= 4 is 11.8 Å². The summed E-state index contributed by atoms with van der Waals surface area (Å²) in [7, 11) is 0. The Labute approximate surface area is 130 Å². The molecular formula is C17H22N2O3. The van der Waals surface area contributed by atoms with Gasteiger partial charge >= 0.3 is 0 Å². The first kappa shape index (κ1) is 15.0. The number of carbonyl (C=O) groups is 2. The van der Waals surface area contributed by atoms with Crippen molar-refractivity contribution < 1.29 is 14.3 Å². The summed E-state index contributed by atoms with van der Waals surface area (Å²) in [6.07, 6.45) is 1.18. The molecule has 3 rings (SSSR count). The zero-order valence-corrected chi connectivity index (χ0v) is 12.8. The lowest BCUT2D eigenvalue weighted by atomic mass is 10.0. The minimum atomic E-state index is -0.181. The van der Waals surface area contributed by atoms with Gasteiger partial charge in [-0.1, -0.05) is 30.3 Å². The number of benzene rings is 1. The topological polar surface area (TPSA) is 58.6 Å². The smallest absolute Gasteiger partial charge is 0.228 e. The number of nitrogens with one attached hydrogen (secondary N) is 1. The molecule has 0 bridgehead atoms. The molecule has 1 aromatic carbocycles. The molecule has 1 saturated carbocycles. The molecule has 5 heteroatoms. The Morgan fingerprint density at radius 1 is 1.36 bits per heavy atom. The lowest BCUT2D eigenvalue weighted by Crippen LogP contribution is -2.38. The van der Waals surface area contributed by atoms with Gasteiger partial charge in [-0.2, -0.15) is 0 Å². The third-order valence-electron chi connectivity index (χ3n) is 4.33. The summed E-state index contributed by atoms with van der Waals surface area (Å²) < 4.78 is 5.54. The molecule has 22 heavy (non-hydrogen) atoms. The first-order valence-corrected chi connectivity index (χ1v) is 7.94. The van der Waals surface area contributed by atoms with Gasteiger partial charge in [0.05, 0.1) is 24.5 Å². The maximum Gasteiger partial charge on any atom is 0.228 e. The number of amides is 2. The predicted molar refractivity (Wildman–Crippen MR) is 82.0 cm³/mol. The number of rotatable bonds is 4. The molecule has 1 aromatic rings. The fraction of sp³-hybridized carbons (Fsp3) is 0.529. The largest absolute Gasteiger partial charge is 0.378 e. The summed E-state index contributed by atoms with van der Waals surface area (Å²) in [5, 5.41) is 2.86. The minimum Gasteiger partial charge on any atom is -0.378 e. The first-order chi connectivity index (χ1) is 10.7. The standard InChI is InChI=1S/C17H22N2O3/c1-2-22-15-10-13(15)17(21)19-9-8-18-16(20)11-14(19)12-6-4-3-5-7-12/h3-7,13-15H,2,8-11H2,1H3,(H,18,20)/t13-,14-,15-/m1/s1. The van der Waals surface area contributed by atoms with Gasteiger partial charge in [-0.3, -0.25) is 9.59 Å². The van der Waals surface area contributed by atoms with Gasteiger partial charge in [0.1, 0.15) is 0 Å². The second kappa shape index (κ2) is 6.48. The molecule has 2 fully saturated rings. The molecule has 1 heterocycles. The fourth-order valence-electron chi connectivity index (χ4n) is 3.11. The summed E-state index contributed by atoms with van der Waals surface area (Å²) in [5.41, 5.74) is 1.02. The molecule has 1 N–H and O–H groups in total.